The Labute approximate surface area is 153 Å². The minimum atomic E-state index is -3.42. The summed E-state index contributed by atoms with van der Waals surface area (Å²) in [5.74, 6) is -0.365. The van der Waals surface area contributed by atoms with E-state index in [1.165, 1.54) is 4.31 Å². The molecule has 1 fully saturated rings. The molecule has 2 aromatic heterocycles. The zero-order chi connectivity index (χ0) is 18.7. The molecule has 0 spiro atoms. The summed E-state index contributed by atoms with van der Waals surface area (Å²) in [4.78, 5) is 16.4. The number of amides is 1. The number of rotatable bonds is 6. The van der Waals surface area contributed by atoms with Crippen molar-refractivity contribution in [2.75, 3.05) is 25.4 Å². The predicted octanol–water partition coefficient (Wildman–Crippen LogP) is 0.432. The van der Waals surface area contributed by atoms with Crippen molar-refractivity contribution in [3.05, 3.63) is 36.3 Å². The number of nitrogens with one attached hydrogen (secondary N) is 1. The van der Waals surface area contributed by atoms with Gasteiger partial charge in [-0.2, -0.15) is 4.31 Å². The molecule has 9 heteroatoms. The van der Waals surface area contributed by atoms with E-state index in [4.69, 9.17) is 4.74 Å². The second kappa shape index (κ2) is 7.73. The molecule has 3 heterocycles. The molecule has 3 rings (SSSR count). The molecule has 26 heavy (non-hydrogen) atoms. The third-order valence-corrected chi connectivity index (χ3v) is 6.02. The van der Waals surface area contributed by atoms with Crippen LogP contribution in [0, 0.1) is 0 Å². The maximum absolute atomic E-state index is 12.4. The van der Waals surface area contributed by atoms with E-state index in [9.17, 15) is 13.2 Å². The van der Waals surface area contributed by atoms with E-state index in [-0.39, 0.29) is 36.8 Å². The Morgan fingerprint density at radius 2 is 2.04 bits per heavy atom. The second-order valence-corrected chi connectivity index (χ2v) is 8.70. The first-order chi connectivity index (χ1) is 12.3. The van der Waals surface area contributed by atoms with Crippen LogP contribution in [-0.2, 0) is 26.0 Å². The average Bonchev–Trinajstić information content (AvgIpc) is 2.95. The van der Waals surface area contributed by atoms with Crippen molar-refractivity contribution in [3.63, 3.8) is 0 Å². The molecule has 8 nitrogen and oxygen atoms in total. The number of fused-ring (bicyclic) bond motifs is 1. The molecule has 1 aliphatic rings. The van der Waals surface area contributed by atoms with Crippen LogP contribution < -0.4 is 5.32 Å². The van der Waals surface area contributed by atoms with Crippen molar-refractivity contribution in [1.82, 2.24) is 19.0 Å². The first-order valence-electron chi connectivity index (χ1n) is 8.66. The molecule has 142 valence electrons. The van der Waals surface area contributed by atoms with Gasteiger partial charge in [0.05, 0.1) is 30.1 Å². The first-order valence-corrected chi connectivity index (χ1v) is 10.3. The molecule has 1 amide bonds. The van der Waals surface area contributed by atoms with Crippen LogP contribution in [0.2, 0.25) is 0 Å². The van der Waals surface area contributed by atoms with E-state index >= 15 is 0 Å². The lowest BCUT2D eigenvalue weighted by atomic mass is 10.3. The fourth-order valence-corrected chi connectivity index (χ4v) is 4.60. The standard InChI is InChI=1S/C17H24N4O4S/c1-13-10-21(11-14(2)25-13)26(23,24)8-6-18-17(22)9-15-12-20-7-4-3-5-16(20)19-15/h3-5,7,12-14H,6,8-11H2,1-2H3,(H,18,22). The van der Waals surface area contributed by atoms with Crippen molar-refractivity contribution >= 4 is 21.6 Å². The quantitative estimate of drug-likeness (QED) is 0.785. The highest BCUT2D eigenvalue weighted by Crippen LogP contribution is 2.14. The Bertz CT molecular complexity index is 837. The van der Waals surface area contributed by atoms with Gasteiger partial charge in [0.2, 0.25) is 15.9 Å². The van der Waals surface area contributed by atoms with Gasteiger partial charge in [0.25, 0.3) is 0 Å². The molecule has 0 saturated carbocycles. The zero-order valence-corrected chi connectivity index (χ0v) is 15.8. The van der Waals surface area contributed by atoms with Crippen molar-refractivity contribution in [3.8, 4) is 0 Å². The van der Waals surface area contributed by atoms with E-state index in [1.807, 2.05) is 42.6 Å². The van der Waals surface area contributed by atoms with Gasteiger partial charge in [-0.05, 0) is 26.0 Å². The molecule has 0 bridgehead atoms. The fourth-order valence-electron chi connectivity index (χ4n) is 3.11. The highest BCUT2D eigenvalue weighted by Gasteiger charge is 2.30. The van der Waals surface area contributed by atoms with Gasteiger partial charge in [-0.15, -0.1) is 0 Å². The Morgan fingerprint density at radius 3 is 2.73 bits per heavy atom. The first kappa shape index (κ1) is 18.8. The molecule has 1 saturated heterocycles. The summed E-state index contributed by atoms with van der Waals surface area (Å²) in [6.45, 7) is 4.49. The van der Waals surface area contributed by atoms with Gasteiger partial charge in [0.1, 0.15) is 5.65 Å². The Hall–Kier alpha value is -1.97. The number of morpholine rings is 1. The number of carbonyl (C=O) groups excluding carboxylic acids is 1. The van der Waals surface area contributed by atoms with E-state index < -0.39 is 10.0 Å². The van der Waals surface area contributed by atoms with Crippen LogP contribution in [0.1, 0.15) is 19.5 Å². The van der Waals surface area contributed by atoms with E-state index in [1.54, 1.807) is 6.20 Å². The van der Waals surface area contributed by atoms with Crippen LogP contribution in [0.15, 0.2) is 30.6 Å². The molecule has 0 aromatic carbocycles. The predicted molar refractivity (Wildman–Crippen MR) is 97.3 cm³/mol. The molecule has 0 aliphatic carbocycles. The number of hydrogen-bond acceptors (Lipinski definition) is 5. The van der Waals surface area contributed by atoms with Crippen molar-refractivity contribution in [2.45, 2.75) is 32.5 Å². The number of ether oxygens (including phenoxy) is 1. The summed E-state index contributed by atoms with van der Waals surface area (Å²) in [7, 11) is -3.42. The van der Waals surface area contributed by atoms with Crippen molar-refractivity contribution in [1.29, 1.82) is 0 Å². The molecular formula is C17H24N4O4S. The zero-order valence-electron chi connectivity index (χ0n) is 15.0. The van der Waals surface area contributed by atoms with Gasteiger partial charge in [-0.1, -0.05) is 6.07 Å². The maximum Gasteiger partial charge on any atom is 0.226 e. The number of carbonyl (C=O) groups is 1. The number of sulfonamides is 1. The Balaban J connectivity index is 1.49. The highest BCUT2D eigenvalue weighted by molar-refractivity contribution is 7.89. The van der Waals surface area contributed by atoms with Crippen LogP contribution in [-0.4, -0.2) is 65.6 Å². The number of pyridine rings is 1. The summed E-state index contributed by atoms with van der Waals surface area (Å²) in [5, 5.41) is 2.67. The smallest absolute Gasteiger partial charge is 0.226 e. The van der Waals surface area contributed by atoms with Crippen LogP contribution >= 0.6 is 0 Å². The van der Waals surface area contributed by atoms with Gasteiger partial charge in [-0.3, -0.25) is 4.79 Å². The largest absolute Gasteiger partial charge is 0.373 e. The molecule has 0 radical (unpaired) electrons. The normalized spacial score (nSPS) is 21.8. The lowest BCUT2D eigenvalue weighted by molar-refractivity contribution is -0.120. The Morgan fingerprint density at radius 1 is 1.31 bits per heavy atom. The van der Waals surface area contributed by atoms with Crippen molar-refractivity contribution in [2.24, 2.45) is 0 Å². The average molecular weight is 380 g/mol. The summed E-state index contributed by atoms with van der Waals surface area (Å²) >= 11 is 0. The molecule has 2 unspecified atom stereocenters. The van der Waals surface area contributed by atoms with Gasteiger partial charge in [0.15, 0.2) is 0 Å². The summed E-state index contributed by atoms with van der Waals surface area (Å²) in [5.41, 5.74) is 1.42. The molecule has 2 atom stereocenters. The minimum absolute atomic E-state index is 0.0780. The van der Waals surface area contributed by atoms with Crippen LogP contribution in [0.4, 0.5) is 0 Å². The SMILES string of the molecule is CC1CN(S(=O)(=O)CCNC(=O)Cc2cn3ccccc3n2)CC(C)O1. The van der Waals surface area contributed by atoms with Crippen LogP contribution in [0.3, 0.4) is 0 Å². The molecule has 1 N–H and O–H groups in total. The number of aromatic nitrogens is 2. The lowest BCUT2D eigenvalue weighted by Gasteiger charge is -2.34. The van der Waals surface area contributed by atoms with E-state index in [0.29, 0.717) is 18.8 Å². The highest BCUT2D eigenvalue weighted by atomic mass is 32.2. The van der Waals surface area contributed by atoms with Crippen LogP contribution in [0.25, 0.3) is 5.65 Å². The maximum atomic E-state index is 12.4. The van der Waals surface area contributed by atoms with Gasteiger partial charge < -0.3 is 14.5 Å². The molecule has 1 aliphatic heterocycles. The van der Waals surface area contributed by atoms with E-state index in [2.05, 4.69) is 10.3 Å². The molecule has 2 aromatic rings. The number of hydrogen-bond donors (Lipinski definition) is 1. The van der Waals surface area contributed by atoms with Crippen molar-refractivity contribution < 1.29 is 17.9 Å². The third-order valence-electron chi connectivity index (χ3n) is 4.22. The fraction of sp³-hybridized carbons (Fsp3) is 0.529. The van der Waals surface area contributed by atoms with Gasteiger partial charge >= 0.3 is 0 Å². The van der Waals surface area contributed by atoms with Gasteiger partial charge in [-0.25, -0.2) is 13.4 Å². The van der Waals surface area contributed by atoms with Gasteiger partial charge in [0, 0.05) is 32.0 Å². The Kier molecular flexibility index (Phi) is 5.59. The number of imidazole rings is 1. The third kappa shape index (κ3) is 4.60. The second-order valence-electron chi connectivity index (χ2n) is 6.62. The van der Waals surface area contributed by atoms with E-state index in [0.717, 1.165) is 5.65 Å². The lowest BCUT2D eigenvalue weighted by Crippen LogP contribution is -2.49. The monoisotopic (exact) mass is 380 g/mol. The number of nitrogens with zero attached hydrogens (tertiary/aromatic N) is 3. The minimum Gasteiger partial charge on any atom is -0.373 e. The summed E-state index contributed by atoms with van der Waals surface area (Å²) in [6, 6.07) is 5.62. The molecular weight excluding hydrogens is 356 g/mol. The summed E-state index contributed by atoms with van der Waals surface area (Å²) < 4.78 is 33.7. The topological polar surface area (TPSA) is 93.0 Å². The van der Waals surface area contributed by atoms with Crippen LogP contribution in [0.5, 0.6) is 0 Å². The summed E-state index contributed by atoms with van der Waals surface area (Å²) in [6.07, 6.45) is 3.52.